The number of para-hydroxylation sites is 1. The average Bonchev–Trinajstić information content (AvgIpc) is 3.01. The van der Waals surface area contributed by atoms with Crippen molar-refractivity contribution >= 4 is 11.7 Å². The molecule has 0 aliphatic carbocycles. The van der Waals surface area contributed by atoms with E-state index in [4.69, 9.17) is 4.74 Å². The van der Waals surface area contributed by atoms with E-state index in [1.165, 1.54) is 0 Å². The summed E-state index contributed by atoms with van der Waals surface area (Å²) in [6, 6.07) is 12.4. The van der Waals surface area contributed by atoms with Crippen molar-refractivity contribution in [2.75, 3.05) is 11.9 Å². The number of ether oxygens (including phenoxy) is 1. The Hall–Kier alpha value is -3.35. The molecule has 0 saturated heterocycles. The highest BCUT2D eigenvalue weighted by atomic mass is 16.5. The Labute approximate surface area is 145 Å². The number of hydrogen-bond acceptors (Lipinski definition) is 4. The molecule has 1 aromatic carbocycles. The molecule has 128 valence electrons. The van der Waals surface area contributed by atoms with E-state index >= 15 is 0 Å². The van der Waals surface area contributed by atoms with Gasteiger partial charge >= 0.3 is 6.03 Å². The summed E-state index contributed by atoms with van der Waals surface area (Å²) in [6.07, 6.45) is 5.86. The molecule has 0 saturated carbocycles. The van der Waals surface area contributed by atoms with Gasteiger partial charge in [-0.1, -0.05) is 18.2 Å². The molecule has 7 heteroatoms. The maximum atomic E-state index is 12.0. The number of carbonyl (C=O) groups excluding carboxylic acids is 1. The number of pyridine rings is 1. The summed E-state index contributed by atoms with van der Waals surface area (Å²) in [6.45, 7) is 0.495. The lowest BCUT2D eigenvalue weighted by atomic mass is 10.3. The number of amides is 2. The molecule has 2 amide bonds. The van der Waals surface area contributed by atoms with Crippen LogP contribution in [-0.2, 0) is 13.5 Å². The summed E-state index contributed by atoms with van der Waals surface area (Å²) in [5, 5.41) is 5.57. The summed E-state index contributed by atoms with van der Waals surface area (Å²) in [4.78, 5) is 20.3. The molecule has 3 rings (SSSR count). The van der Waals surface area contributed by atoms with Gasteiger partial charge in [0.2, 0.25) is 5.88 Å². The largest absolute Gasteiger partial charge is 0.439 e. The third-order valence-corrected chi connectivity index (χ3v) is 3.51. The number of rotatable bonds is 6. The molecule has 2 N–H and O–H groups in total. The Morgan fingerprint density at radius 3 is 2.76 bits per heavy atom. The predicted octanol–water partition coefficient (Wildman–Crippen LogP) is 2.97. The smallest absolute Gasteiger partial charge is 0.319 e. The Bertz CT molecular complexity index is 832. The van der Waals surface area contributed by atoms with Crippen LogP contribution < -0.4 is 15.4 Å². The molecule has 0 unspecified atom stereocenters. The molecule has 2 aromatic heterocycles. The van der Waals surface area contributed by atoms with E-state index in [0.29, 0.717) is 30.3 Å². The van der Waals surface area contributed by atoms with Crippen molar-refractivity contribution in [3.8, 4) is 11.6 Å². The van der Waals surface area contributed by atoms with Gasteiger partial charge in [0, 0.05) is 50.4 Å². The molecule has 0 atom stereocenters. The van der Waals surface area contributed by atoms with Crippen molar-refractivity contribution < 1.29 is 9.53 Å². The van der Waals surface area contributed by atoms with Gasteiger partial charge in [-0.3, -0.25) is 0 Å². The van der Waals surface area contributed by atoms with Crippen LogP contribution >= 0.6 is 0 Å². The van der Waals surface area contributed by atoms with E-state index in [1.54, 1.807) is 24.5 Å². The summed E-state index contributed by atoms with van der Waals surface area (Å²) < 4.78 is 7.58. The minimum absolute atomic E-state index is 0.286. The second-order valence-electron chi connectivity index (χ2n) is 5.38. The Morgan fingerprint density at radius 1 is 1.16 bits per heavy atom. The highest BCUT2D eigenvalue weighted by molar-refractivity contribution is 5.89. The quantitative estimate of drug-likeness (QED) is 0.724. The lowest BCUT2D eigenvalue weighted by molar-refractivity contribution is 0.252. The highest BCUT2D eigenvalue weighted by Gasteiger charge is 2.05. The molecule has 0 aliphatic rings. The van der Waals surface area contributed by atoms with Gasteiger partial charge in [-0.15, -0.1) is 0 Å². The number of aromatic nitrogens is 3. The van der Waals surface area contributed by atoms with Crippen LogP contribution in [0, 0.1) is 0 Å². The van der Waals surface area contributed by atoms with Crippen molar-refractivity contribution in [3.63, 3.8) is 0 Å². The topological polar surface area (TPSA) is 81.1 Å². The first kappa shape index (κ1) is 16.5. The first-order chi connectivity index (χ1) is 12.2. The Kier molecular flexibility index (Phi) is 5.26. The molecule has 0 radical (unpaired) electrons. The van der Waals surface area contributed by atoms with Crippen molar-refractivity contribution in [1.82, 2.24) is 19.9 Å². The molecule has 0 aliphatic heterocycles. The summed E-state index contributed by atoms with van der Waals surface area (Å²) in [7, 11) is 1.92. The van der Waals surface area contributed by atoms with Crippen LogP contribution in [0.25, 0.3) is 0 Å². The van der Waals surface area contributed by atoms with Gasteiger partial charge in [0.15, 0.2) is 0 Å². The number of nitrogens with one attached hydrogen (secondary N) is 2. The molecular weight excluding hydrogens is 318 g/mol. The number of imidazole rings is 1. The molecular formula is C18H19N5O2. The van der Waals surface area contributed by atoms with E-state index in [-0.39, 0.29) is 6.03 Å². The zero-order valence-corrected chi connectivity index (χ0v) is 13.8. The van der Waals surface area contributed by atoms with Gasteiger partial charge in [-0.05, 0) is 18.2 Å². The number of anilines is 1. The normalized spacial score (nSPS) is 10.3. The fraction of sp³-hybridized carbons (Fsp3) is 0.167. The van der Waals surface area contributed by atoms with Crippen LogP contribution in [0.5, 0.6) is 11.6 Å². The zero-order chi connectivity index (χ0) is 17.5. The number of carbonyl (C=O) groups is 1. The lowest BCUT2D eigenvalue weighted by Crippen LogP contribution is -2.30. The van der Waals surface area contributed by atoms with Gasteiger partial charge in [-0.25, -0.2) is 14.8 Å². The summed E-state index contributed by atoms with van der Waals surface area (Å²) in [5.74, 6) is 2.02. The SMILES string of the molecule is Cn1ccnc1CCNC(=O)Nc1ccnc(Oc2ccccc2)c1. The third kappa shape index (κ3) is 4.81. The fourth-order valence-electron chi connectivity index (χ4n) is 2.25. The second-order valence-corrected chi connectivity index (χ2v) is 5.38. The lowest BCUT2D eigenvalue weighted by Gasteiger charge is -2.09. The molecule has 25 heavy (non-hydrogen) atoms. The van der Waals surface area contributed by atoms with Crippen molar-refractivity contribution in [2.45, 2.75) is 6.42 Å². The van der Waals surface area contributed by atoms with Crippen LogP contribution in [0.1, 0.15) is 5.82 Å². The van der Waals surface area contributed by atoms with E-state index in [2.05, 4.69) is 20.6 Å². The van der Waals surface area contributed by atoms with Gasteiger partial charge < -0.3 is 19.9 Å². The van der Waals surface area contributed by atoms with Gasteiger partial charge in [0.25, 0.3) is 0 Å². The zero-order valence-electron chi connectivity index (χ0n) is 13.8. The summed E-state index contributed by atoms with van der Waals surface area (Å²) in [5.41, 5.74) is 0.607. The standard InChI is InChI=1S/C18H19N5O2/c1-23-12-11-19-16(23)8-10-21-18(24)22-14-7-9-20-17(13-14)25-15-5-3-2-4-6-15/h2-7,9,11-13H,8,10H2,1H3,(H2,20,21,22,24). The monoisotopic (exact) mass is 337 g/mol. The first-order valence-electron chi connectivity index (χ1n) is 7.91. The van der Waals surface area contributed by atoms with E-state index in [1.807, 2.05) is 48.1 Å². The average molecular weight is 337 g/mol. The van der Waals surface area contributed by atoms with Crippen LogP contribution in [-0.4, -0.2) is 27.1 Å². The minimum atomic E-state index is -0.286. The van der Waals surface area contributed by atoms with Crippen LogP contribution in [0.2, 0.25) is 0 Å². The van der Waals surface area contributed by atoms with Crippen LogP contribution in [0.15, 0.2) is 61.1 Å². The molecule has 3 aromatic rings. The van der Waals surface area contributed by atoms with Crippen LogP contribution in [0.3, 0.4) is 0 Å². The van der Waals surface area contributed by atoms with Crippen molar-refractivity contribution in [1.29, 1.82) is 0 Å². The number of hydrogen-bond donors (Lipinski definition) is 2. The second kappa shape index (κ2) is 7.96. The van der Waals surface area contributed by atoms with Gasteiger partial charge in [0.05, 0.1) is 0 Å². The Morgan fingerprint density at radius 2 is 2.00 bits per heavy atom. The van der Waals surface area contributed by atoms with Gasteiger partial charge in [-0.2, -0.15) is 0 Å². The Balaban J connectivity index is 1.51. The number of aryl methyl sites for hydroxylation is 1. The van der Waals surface area contributed by atoms with Crippen LogP contribution in [0.4, 0.5) is 10.5 Å². The number of urea groups is 1. The molecule has 0 bridgehead atoms. The summed E-state index contributed by atoms with van der Waals surface area (Å²) >= 11 is 0. The van der Waals surface area contributed by atoms with E-state index in [9.17, 15) is 4.79 Å². The molecule has 0 spiro atoms. The minimum Gasteiger partial charge on any atom is -0.439 e. The van der Waals surface area contributed by atoms with Crippen molar-refractivity contribution in [2.24, 2.45) is 7.05 Å². The molecule has 7 nitrogen and oxygen atoms in total. The predicted molar refractivity (Wildman–Crippen MR) is 94.7 cm³/mol. The maximum absolute atomic E-state index is 12.0. The first-order valence-corrected chi connectivity index (χ1v) is 7.91. The third-order valence-electron chi connectivity index (χ3n) is 3.51. The number of benzene rings is 1. The van der Waals surface area contributed by atoms with Gasteiger partial charge in [0.1, 0.15) is 11.6 Å². The maximum Gasteiger partial charge on any atom is 0.319 e. The van der Waals surface area contributed by atoms with E-state index < -0.39 is 0 Å². The van der Waals surface area contributed by atoms with Crippen molar-refractivity contribution in [3.05, 3.63) is 66.9 Å². The highest BCUT2D eigenvalue weighted by Crippen LogP contribution is 2.21. The fourth-order valence-corrected chi connectivity index (χ4v) is 2.25. The number of nitrogens with zero attached hydrogens (tertiary/aromatic N) is 3. The van der Waals surface area contributed by atoms with E-state index in [0.717, 1.165) is 5.82 Å². The molecule has 0 fully saturated rings. The molecule has 2 heterocycles.